The molecule has 0 saturated carbocycles. The molecule has 0 aliphatic carbocycles. The van der Waals surface area contributed by atoms with Crippen LogP contribution in [0.3, 0.4) is 0 Å². The Morgan fingerprint density at radius 1 is 1.17 bits per heavy atom. The molecular formula is C12H23Cl2O3P. The van der Waals surface area contributed by atoms with Crippen molar-refractivity contribution in [2.24, 2.45) is 10.8 Å². The van der Waals surface area contributed by atoms with Crippen molar-refractivity contribution in [3.63, 3.8) is 0 Å². The first kappa shape index (κ1) is 18.5. The summed E-state index contributed by atoms with van der Waals surface area (Å²) >= 11 is 11.6. The minimum absolute atomic E-state index is 0.0140. The molecule has 108 valence electrons. The minimum Gasteiger partial charge on any atom is -0.320 e. The minimum atomic E-state index is -4.34. The molecule has 2 N–H and O–H groups in total. The van der Waals surface area contributed by atoms with Crippen LogP contribution < -0.4 is 0 Å². The molecular weight excluding hydrogens is 294 g/mol. The standard InChI is InChI=1S/C12H23Cl2O3P/c1-9(10(14)18(15,16)17)6-11(2,3)7-12(4,5)8-13/h6-8H2,1-5H3,(H2,15,16,17). The van der Waals surface area contributed by atoms with Gasteiger partial charge in [0.25, 0.3) is 0 Å². The second kappa shape index (κ2) is 6.28. The topological polar surface area (TPSA) is 57.5 Å². The van der Waals surface area contributed by atoms with Gasteiger partial charge in [-0.05, 0) is 36.2 Å². The van der Waals surface area contributed by atoms with E-state index in [4.69, 9.17) is 33.0 Å². The number of hydrogen-bond acceptors (Lipinski definition) is 1. The summed E-state index contributed by atoms with van der Waals surface area (Å²) in [5.41, 5.74) is 0.415. The molecule has 0 fully saturated rings. The molecule has 0 aliphatic heterocycles. The summed E-state index contributed by atoms with van der Waals surface area (Å²) in [5.74, 6) is 0.547. The SMILES string of the molecule is CC(CC(C)(C)CC(C)(C)CCl)=C(Cl)P(=O)(O)O. The zero-order chi connectivity index (χ0) is 14.8. The Morgan fingerprint density at radius 3 is 1.94 bits per heavy atom. The van der Waals surface area contributed by atoms with Crippen molar-refractivity contribution in [1.82, 2.24) is 0 Å². The highest BCUT2D eigenvalue weighted by Crippen LogP contribution is 2.51. The molecule has 0 bridgehead atoms. The van der Waals surface area contributed by atoms with E-state index in [9.17, 15) is 4.57 Å². The van der Waals surface area contributed by atoms with Crippen molar-refractivity contribution in [2.75, 3.05) is 5.88 Å². The number of allylic oxidation sites excluding steroid dienone is 1. The smallest absolute Gasteiger partial charge is 0.320 e. The molecule has 0 aromatic rings. The van der Waals surface area contributed by atoms with Crippen molar-refractivity contribution in [2.45, 2.75) is 47.5 Å². The van der Waals surface area contributed by atoms with Gasteiger partial charge in [-0.15, -0.1) is 11.6 Å². The van der Waals surface area contributed by atoms with Gasteiger partial charge in [-0.1, -0.05) is 39.3 Å². The number of alkyl halides is 1. The molecule has 6 heteroatoms. The normalized spacial score (nSPS) is 15.6. The van der Waals surface area contributed by atoms with Crippen LogP contribution >= 0.6 is 30.8 Å². The lowest BCUT2D eigenvalue weighted by Gasteiger charge is -2.34. The highest BCUT2D eigenvalue weighted by molar-refractivity contribution is 7.59. The van der Waals surface area contributed by atoms with Crippen LogP contribution in [0.15, 0.2) is 10.3 Å². The van der Waals surface area contributed by atoms with Crippen molar-refractivity contribution in [1.29, 1.82) is 0 Å². The van der Waals surface area contributed by atoms with Gasteiger partial charge in [-0.25, -0.2) is 0 Å². The summed E-state index contributed by atoms with van der Waals surface area (Å²) in [5, 5.41) is 0. The fourth-order valence-corrected chi connectivity index (χ4v) is 3.18. The summed E-state index contributed by atoms with van der Waals surface area (Å²) in [6.07, 6.45) is 1.39. The first-order chi connectivity index (χ1) is 7.81. The fourth-order valence-electron chi connectivity index (χ4n) is 2.44. The largest absolute Gasteiger partial charge is 0.367 e. The van der Waals surface area contributed by atoms with E-state index in [2.05, 4.69) is 27.7 Å². The summed E-state index contributed by atoms with van der Waals surface area (Å²) in [6, 6.07) is 0. The van der Waals surface area contributed by atoms with E-state index in [1.165, 1.54) is 0 Å². The lowest BCUT2D eigenvalue weighted by molar-refractivity contribution is 0.214. The maximum Gasteiger partial charge on any atom is 0.367 e. The first-order valence-electron chi connectivity index (χ1n) is 5.78. The summed E-state index contributed by atoms with van der Waals surface area (Å²) in [7, 11) is -4.34. The van der Waals surface area contributed by atoms with E-state index in [0.717, 1.165) is 6.42 Å². The van der Waals surface area contributed by atoms with Crippen LogP contribution in [0.2, 0.25) is 0 Å². The van der Waals surface area contributed by atoms with Gasteiger partial charge in [0.1, 0.15) is 4.77 Å². The lowest BCUT2D eigenvalue weighted by Crippen LogP contribution is -2.25. The highest BCUT2D eigenvalue weighted by atomic mass is 35.5. The number of hydrogen-bond donors (Lipinski definition) is 2. The van der Waals surface area contributed by atoms with Gasteiger partial charge in [-0.2, -0.15) is 0 Å². The molecule has 18 heavy (non-hydrogen) atoms. The monoisotopic (exact) mass is 316 g/mol. The molecule has 3 nitrogen and oxygen atoms in total. The Morgan fingerprint density at radius 2 is 1.61 bits per heavy atom. The summed E-state index contributed by atoms with van der Waals surface area (Å²) < 4.78 is 10.7. The van der Waals surface area contributed by atoms with Crippen LogP contribution in [0.5, 0.6) is 0 Å². The number of halogens is 2. The van der Waals surface area contributed by atoms with E-state index in [1.807, 2.05) is 0 Å². The Bertz CT molecular complexity index is 370. The number of rotatable bonds is 6. The maximum atomic E-state index is 11.1. The van der Waals surface area contributed by atoms with E-state index in [1.54, 1.807) is 6.92 Å². The average molecular weight is 317 g/mol. The van der Waals surface area contributed by atoms with Crippen LogP contribution in [0.25, 0.3) is 0 Å². The molecule has 0 aromatic carbocycles. The molecule has 0 aromatic heterocycles. The van der Waals surface area contributed by atoms with Gasteiger partial charge < -0.3 is 9.79 Å². The molecule has 0 unspecified atom stereocenters. The zero-order valence-corrected chi connectivity index (χ0v) is 14.0. The Labute approximate surface area is 120 Å². The van der Waals surface area contributed by atoms with Gasteiger partial charge in [-0.3, -0.25) is 4.57 Å². The average Bonchev–Trinajstić information content (AvgIpc) is 2.12. The van der Waals surface area contributed by atoms with Crippen LogP contribution in [0, 0.1) is 10.8 Å². The zero-order valence-electron chi connectivity index (χ0n) is 11.6. The first-order valence-corrected chi connectivity index (χ1v) is 8.31. The van der Waals surface area contributed by atoms with E-state index < -0.39 is 7.60 Å². The second-order valence-electron chi connectivity index (χ2n) is 6.43. The van der Waals surface area contributed by atoms with Gasteiger partial charge in [0.2, 0.25) is 0 Å². The maximum absolute atomic E-state index is 11.1. The second-order valence-corrected chi connectivity index (χ2v) is 8.87. The van der Waals surface area contributed by atoms with E-state index in [0.29, 0.717) is 17.9 Å². The Kier molecular flexibility index (Phi) is 6.44. The van der Waals surface area contributed by atoms with Crippen LogP contribution in [0.1, 0.15) is 47.5 Å². The predicted octanol–water partition coefficient (Wildman–Crippen LogP) is 4.71. The molecule has 0 atom stereocenters. The third-order valence-electron chi connectivity index (χ3n) is 2.67. The van der Waals surface area contributed by atoms with Crippen LogP contribution in [-0.2, 0) is 4.57 Å². The van der Waals surface area contributed by atoms with Crippen molar-refractivity contribution >= 4 is 30.8 Å². The summed E-state index contributed by atoms with van der Waals surface area (Å²) in [4.78, 5) is 18.1. The predicted molar refractivity (Wildman–Crippen MR) is 78.1 cm³/mol. The third-order valence-corrected chi connectivity index (χ3v) is 5.27. The molecule has 0 spiro atoms. The van der Waals surface area contributed by atoms with Gasteiger partial charge in [0.15, 0.2) is 0 Å². The molecule has 0 radical (unpaired) electrons. The highest BCUT2D eigenvalue weighted by Gasteiger charge is 2.30. The molecule has 0 amide bonds. The molecule has 0 heterocycles. The fraction of sp³-hybridized carbons (Fsp3) is 0.833. The summed E-state index contributed by atoms with van der Waals surface area (Å²) in [6.45, 7) is 9.91. The quantitative estimate of drug-likeness (QED) is 0.551. The molecule has 0 saturated heterocycles. The van der Waals surface area contributed by atoms with E-state index >= 15 is 0 Å². The Balaban J connectivity index is 4.95. The van der Waals surface area contributed by atoms with Crippen LogP contribution in [-0.4, -0.2) is 15.7 Å². The third kappa shape index (κ3) is 6.58. The lowest BCUT2D eigenvalue weighted by atomic mass is 9.73. The molecule has 0 rings (SSSR count). The van der Waals surface area contributed by atoms with Crippen molar-refractivity contribution in [3.8, 4) is 0 Å². The van der Waals surface area contributed by atoms with Crippen LogP contribution in [0.4, 0.5) is 0 Å². The van der Waals surface area contributed by atoms with Gasteiger partial charge in [0, 0.05) is 5.88 Å². The van der Waals surface area contributed by atoms with Gasteiger partial charge in [0.05, 0.1) is 0 Å². The van der Waals surface area contributed by atoms with Gasteiger partial charge >= 0.3 is 7.60 Å². The molecule has 0 aliphatic rings. The van der Waals surface area contributed by atoms with Crippen molar-refractivity contribution < 1.29 is 14.4 Å². The van der Waals surface area contributed by atoms with E-state index in [-0.39, 0.29) is 15.6 Å². The van der Waals surface area contributed by atoms with Crippen molar-refractivity contribution in [3.05, 3.63) is 10.3 Å². The Hall–Kier alpha value is 0.470.